The van der Waals surface area contributed by atoms with Crippen molar-refractivity contribution in [2.75, 3.05) is 33.0 Å². The van der Waals surface area contributed by atoms with Crippen LogP contribution in [0.2, 0.25) is 0 Å². The van der Waals surface area contributed by atoms with Crippen LogP contribution in [0.25, 0.3) is 0 Å². The highest BCUT2D eigenvalue weighted by molar-refractivity contribution is 5.73. The van der Waals surface area contributed by atoms with E-state index in [2.05, 4.69) is 10.6 Å². The summed E-state index contributed by atoms with van der Waals surface area (Å²) in [5.74, 6) is -1.54. The summed E-state index contributed by atoms with van der Waals surface area (Å²) in [6.45, 7) is -2.53. The van der Waals surface area contributed by atoms with Crippen molar-refractivity contribution in [2.24, 2.45) is 0 Å². The van der Waals surface area contributed by atoms with Gasteiger partial charge in [0.1, 0.15) is 122 Å². The zero-order valence-corrected chi connectivity index (χ0v) is 33.2. The first kappa shape index (κ1) is 51.0. The Bertz CT molecular complexity index is 1440. The third-order valence-corrected chi connectivity index (χ3v) is 11.1. The van der Waals surface area contributed by atoms with Crippen molar-refractivity contribution in [1.82, 2.24) is 10.6 Å². The summed E-state index contributed by atoms with van der Waals surface area (Å²) < 4.78 is 50.8. The Morgan fingerprint density at radius 3 is 1.27 bits per heavy atom. The molecule has 0 aromatic carbocycles. The van der Waals surface area contributed by atoms with Crippen LogP contribution >= 0.6 is 0 Å². The van der Waals surface area contributed by atoms with Crippen LogP contribution in [0.3, 0.4) is 0 Å². The molecule has 25 unspecified atom stereocenters. The normalized spacial score (nSPS) is 49.0. The summed E-state index contributed by atoms with van der Waals surface area (Å²) in [7, 11) is 0. The monoisotopic (exact) mass is 910 g/mol. The predicted molar refractivity (Wildman–Crippen MR) is 190 cm³/mol. The van der Waals surface area contributed by atoms with Gasteiger partial charge < -0.3 is 130 Å². The summed E-state index contributed by atoms with van der Waals surface area (Å²) in [6, 6.07) is -3.23. The number of aliphatic hydroxyl groups is 15. The van der Waals surface area contributed by atoms with Crippen molar-refractivity contribution >= 4 is 11.8 Å². The van der Waals surface area contributed by atoms with E-state index in [1.165, 1.54) is 0 Å². The lowest BCUT2D eigenvalue weighted by atomic mass is 9.93. The summed E-state index contributed by atoms with van der Waals surface area (Å²) >= 11 is 0. The van der Waals surface area contributed by atoms with Crippen LogP contribution in [0.15, 0.2) is 0 Å². The van der Waals surface area contributed by atoms with Crippen LogP contribution in [0.1, 0.15) is 13.8 Å². The maximum atomic E-state index is 12.6. The number of aliphatic hydroxyl groups excluding tert-OH is 15. The van der Waals surface area contributed by atoms with E-state index in [0.29, 0.717) is 0 Å². The third kappa shape index (κ3) is 10.8. The predicted octanol–water partition coefficient (Wildman–Crippen LogP) is -11.6. The largest absolute Gasteiger partial charge is 0.394 e. The third-order valence-electron chi connectivity index (χ3n) is 11.1. The van der Waals surface area contributed by atoms with Gasteiger partial charge in [-0.1, -0.05) is 0 Å². The zero-order valence-electron chi connectivity index (χ0n) is 33.2. The molecule has 0 aliphatic carbocycles. The van der Waals surface area contributed by atoms with Crippen LogP contribution in [0.5, 0.6) is 0 Å². The Kier molecular flexibility index (Phi) is 18.1. The van der Waals surface area contributed by atoms with Gasteiger partial charge in [-0.15, -0.1) is 0 Å². The number of carbonyl (C=O) groups is 2. The molecule has 0 aromatic rings. The van der Waals surface area contributed by atoms with Crippen molar-refractivity contribution in [2.45, 2.75) is 167 Å². The smallest absolute Gasteiger partial charge is 0.217 e. The van der Waals surface area contributed by atoms with Gasteiger partial charge in [-0.3, -0.25) is 9.59 Å². The maximum absolute atomic E-state index is 12.6. The molecule has 62 heavy (non-hydrogen) atoms. The molecule has 360 valence electrons. The number of hydrogen-bond donors (Lipinski definition) is 17. The van der Waals surface area contributed by atoms with Crippen molar-refractivity contribution in [1.29, 1.82) is 0 Å². The van der Waals surface area contributed by atoms with Gasteiger partial charge >= 0.3 is 0 Å². The fourth-order valence-corrected chi connectivity index (χ4v) is 7.83. The second kappa shape index (κ2) is 22.0. The van der Waals surface area contributed by atoms with Gasteiger partial charge in [0.15, 0.2) is 31.5 Å². The van der Waals surface area contributed by atoms with E-state index in [1.807, 2.05) is 0 Å². The van der Waals surface area contributed by atoms with Crippen molar-refractivity contribution in [3.05, 3.63) is 0 Å². The lowest BCUT2D eigenvalue weighted by Gasteiger charge is -2.50. The van der Waals surface area contributed by atoms with Gasteiger partial charge in [0.25, 0.3) is 0 Å². The SMILES string of the molecule is CC(=O)NC1C(OC2C(O)C(CO)OC(OC3C(O)C(CO)OC(OC4C(CO)OC(OC5C(CO)OC(O)C(O)C5O)C(O)C4O)C3O)C2NC(C)=O)OC(CO)C(O)C1O. The molecule has 2 amide bonds. The molecular weight excluding hydrogens is 852 g/mol. The van der Waals surface area contributed by atoms with Gasteiger partial charge in [0, 0.05) is 13.8 Å². The lowest BCUT2D eigenvalue weighted by Crippen LogP contribution is -2.71. The second-order valence-electron chi connectivity index (χ2n) is 15.4. The van der Waals surface area contributed by atoms with Crippen molar-refractivity contribution in [3.63, 3.8) is 0 Å². The number of nitrogens with one attached hydrogen (secondary N) is 2. The average Bonchev–Trinajstić information content (AvgIpc) is 3.23. The van der Waals surface area contributed by atoms with Crippen molar-refractivity contribution in [3.8, 4) is 0 Å². The molecule has 5 rings (SSSR count). The number of rotatable bonds is 15. The van der Waals surface area contributed by atoms with E-state index in [1.54, 1.807) is 0 Å². The molecule has 28 heteroatoms. The molecule has 5 heterocycles. The first-order chi connectivity index (χ1) is 29.3. The molecule has 5 saturated heterocycles. The minimum absolute atomic E-state index is 0.730. The Morgan fingerprint density at radius 2 is 0.758 bits per heavy atom. The molecule has 0 spiro atoms. The van der Waals surface area contributed by atoms with E-state index in [0.717, 1.165) is 13.8 Å². The highest BCUT2D eigenvalue weighted by Crippen LogP contribution is 2.36. The average molecular weight is 911 g/mol. The molecule has 17 N–H and O–H groups in total. The Hall–Kier alpha value is -2.02. The first-order valence-corrected chi connectivity index (χ1v) is 19.6. The number of hydrogen-bond acceptors (Lipinski definition) is 26. The van der Waals surface area contributed by atoms with Gasteiger partial charge in [-0.05, 0) is 0 Å². The fourth-order valence-electron chi connectivity index (χ4n) is 7.83. The molecular formula is C34H58N2O26. The zero-order chi connectivity index (χ0) is 45.9. The fraction of sp³-hybridized carbons (Fsp3) is 0.941. The molecule has 0 aromatic heterocycles. The van der Waals surface area contributed by atoms with Gasteiger partial charge in [-0.2, -0.15) is 0 Å². The van der Waals surface area contributed by atoms with Crippen LogP contribution in [0.4, 0.5) is 0 Å². The Morgan fingerprint density at radius 1 is 0.387 bits per heavy atom. The van der Waals surface area contributed by atoms with Crippen LogP contribution in [-0.4, -0.2) is 275 Å². The Balaban J connectivity index is 1.38. The van der Waals surface area contributed by atoms with E-state index in [-0.39, 0.29) is 0 Å². The minimum Gasteiger partial charge on any atom is -0.394 e. The van der Waals surface area contributed by atoms with E-state index in [4.69, 9.17) is 42.6 Å². The summed E-state index contributed by atoms with van der Waals surface area (Å²) in [5.41, 5.74) is 0. The highest BCUT2D eigenvalue weighted by atomic mass is 16.8. The van der Waals surface area contributed by atoms with Crippen LogP contribution in [0, 0.1) is 0 Å². The summed E-state index contributed by atoms with van der Waals surface area (Å²) in [4.78, 5) is 24.6. The van der Waals surface area contributed by atoms with Gasteiger partial charge in [0.05, 0.1) is 33.0 Å². The van der Waals surface area contributed by atoms with Gasteiger partial charge in [0.2, 0.25) is 11.8 Å². The standard InChI is InChI=1S/C34H58N2O26/c1-8(42)35-15-20(47)17(44)10(3-37)55-31(15)61-28-16(36-9(2)43)32(56-11(4-38)18(28)45)62-29-19(46)12(5-39)57-34(25(29)52)60-27-14(7-41)58-33(24(51)22(27)49)59-26-13(6-40)54-30(53)23(50)21(26)48/h10-34,37-41,44-53H,3-7H2,1-2H3,(H,35,42)(H,36,43). The Labute approximate surface area is 351 Å². The highest BCUT2D eigenvalue weighted by Gasteiger charge is 2.57. The number of amides is 2. The molecule has 25 atom stereocenters. The quantitative estimate of drug-likeness (QED) is 0.0725. The number of ether oxygens (including phenoxy) is 9. The van der Waals surface area contributed by atoms with E-state index >= 15 is 0 Å². The molecule has 0 bridgehead atoms. The van der Waals surface area contributed by atoms with Crippen LogP contribution < -0.4 is 10.6 Å². The van der Waals surface area contributed by atoms with Crippen molar-refractivity contribution < 1.29 is 129 Å². The second-order valence-corrected chi connectivity index (χ2v) is 15.4. The molecule has 5 aliphatic heterocycles. The topological polar surface area (TPSA) is 445 Å². The molecule has 5 aliphatic rings. The van der Waals surface area contributed by atoms with Gasteiger partial charge in [-0.25, -0.2) is 0 Å². The maximum Gasteiger partial charge on any atom is 0.217 e. The first-order valence-electron chi connectivity index (χ1n) is 19.6. The molecule has 28 nitrogen and oxygen atoms in total. The number of carbonyl (C=O) groups excluding carboxylic acids is 2. The van der Waals surface area contributed by atoms with Crippen LogP contribution in [-0.2, 0) is 52.2 Å². The van der Waals surface area contributed by atoms with E-state index < -0.39 is 198 Å². The lowest BCUT2D eigenvalue weighted by molar-refractivity contribution is -0.387. The molecule has 5 fully saturated rings. The van der Waals surface area contributed by atoms with E-state index in [9.17, 15) is 86.2 Å². The summed E-state index contributed by atoms with van der Waals surface area (Å²) in [5, 5.41) is 163. The summed E-state index contributed by atoms with van der Waals surface area (Å²) in [6.07, 6.45) is -42.3. The molecule has 0 saturated carbocycles. The molecule has 0 radical (unpaired) electrons. The minimum atomic E-state index is -2.16.